The molecule has 1 aromatic rings. The van der Waals surface area contributed by atoms with E-state index in [0.29, 0.717) is 0 Å². The van der Waals surface area contributed by atoms with Crippen LogP contribution in [0.15, 0.2) is 30.8 Å². The van der Waals surface area contributed by atoms with Gasteiger partial charge in [0.25, 0.3) is 0 Å². The average Bonchev–Trinajstić information content (AvgIpc) is 2.05. The summed E-state index contributed by atoms with van der Waals surface area (Å²) in [6.45, 7) is 3.62. The van der Waals surface area contributed by atoms with Crippen LogP contribution in [0.5, 0.6) is 0 Å². The number of aliphatic hydroxyl groups excluding tert-OH is 1. The summed E-state index contributed by atoms with van der Waals surface area (Å²) in [6, 6.07) is 7.50. The number of aliphatic hydroxyl groups is 2. The lowest BCUT2D eigenvalue weighted by molar-refractivity contribution is -0.0381. The molecule has 0 radical (unpaired) electrons. The molecule has 1 rings (SSSR count). The maximum Gasteiger partial charge on any atom is 0.155 e. The normalized spacial score (nSPS) is 10.2. The minimum atomic E-state index is -1.26. The van der Waals surface area contributed by atoms with Crippen LogP contribution in [0.4, 0.5) is 0 Å². The summed E-state index contributed by atoms with van der Waals surface area (Å²) < 4.78 is 0. The van der Waals surface area contributed by atoms with Crippen molar-refractivity contribution in [2.24, 2.45) is 0 Å². The zero-order valence-corrected chi connectivity index (χ0v) is 6.77. The minimum Gasteiger partial charge on any atom is -0.368 e. The van der Waals surface area contributed by atoms with E-state index < -0.39 is 6.29 Å². The van der Waals surface area contributed by atoms with E-state index in [1.165, 1.54) is 0 Å². The lowest BCUT2D eigenvalue weighted by atomic mass is 10.1. The van der Waals surface area contributed by atoms with Crippen LogP contribution in [0.1, 0.15) is 11.1 Å². The molecule has 0 atom stereocenters. The van der Waals surface area contributed by atoms with E-state index in [-0.39, 0.29) is 6.42 Å². The summed E-state index contributed by atoms with van der Waals surface area (Å²) in [5, 5.41) is 17.3. The van der Waals surface area contributed by atoms with E-state index in [0.717, 1.165) is 11.1 Å². The predicted octanol–water partition coefficient (Wildman–Crippen LogP) is 1.18. The number of benzene rings is 1. The van der Waals surface area contributed by atoms with Crippen molar-refractivity contribution < 1.29 is 10.2 Å². The van der Waals surface area contributed by atoms with Crippen molar-refractivity contribution in [2.45, 2.75) is 12.7 Å². The number of hydrogen-bond acceptors (Lipinski definition) is 2. The first-order valence-corrected chi connectivity index (χ1v) is 3.80. The Balaban J connectivity index is 2.71. The molecular formula is C10H12O2. The van der Waals surface area contributed by atoms with Crippen LogP contribution in [-0.2, 0) is 6.42 Å². The van der Waals surface area contributed by atoms with Gasteiger partial charge >= 0.3 is 0 Å². The van der Waals surface area contributed by atoms with Gasteiger partial charge in [-0.2, -0.15) is 0 Å². The van der Waals surface area contributed by atoms with Crippen LogP contribution < -0.4 is 0 Å². The molecule has 0 unspecified atom stereocenters. The Kier molecular flexibility index (Phi) is 3.02. The van der Waals surface area contributed by atoms with E-state index in [4.69, 9.17) is 10.2 Å². The second kappa shape index (κ2) is 4.04. The van der Waals surface area contributed by atoms with Crippen LogP contribution in [0, 0.1) is 0 Å². The maximum atomic E-state index is 8.67. The Morgan fingerprint density at radius 2 is 1.83 bits per heavy atom. The zero-order valence-electron chi connectivity index (χ0n) is 6.77. The lowest BCUT2D eigenvalue weighted by Gasteiger charge is -2.03. The minimum absolute atomic E-state index is 0.275. The second-order valence-electron chi connectivity index (χ2n) is 2.63. The molecule has 64 valence electrons. The smallest absolute Gasteiger partial charge is 0.155 e. The SMILES string of the molecule is C=Cc1ccc(CC(O)O)cc1. The molecule has 2 heteroatoms. The van der Waals surface area contributed by atoms with Crippen molar-refractivity contribution >= 4 is 6.08 Å². The average molecular weight is 164 g/mol. The molecule has 0 aliphatic carbocycles. The first-order chi connectivity index (χ1) is 5.72. The highest BCUT2D eigenvalue weighted by Gasteiger charge is 1.98. The molecule has 12 heavy (non-hydrogen) atoms. The summed E-state index contributed by atoms with van der Waals surface area (Å²) in [7, 11) is 0. The highest BCUT2D eigenvalue weighted by atomic mass is 16.5. The van der Waals surface area contributed by atoms with Crippen molar-refractivity contribution in [2.75, 3.05) is 0 Å². The van der Waals surface area contributed by atoms with Gasteiger partial charge in [0.2, 0.25) is 0 Å². The molecule has 2 nitrogen and oxygen atoms in total. The Morgan fingerprint density at radius 3 is 2.25 bits per heavy atom. The zero-order chi connectivity index (χ0) is 8.97. The van der Waals surface area contributed by atoms with Gasteiger partial charge in [-0.25, -0.2) is 0 Å². The van der Waals surface area contributed by atoms with Crippen LogP contribution in [-0.4, -0.2) is 16.5 Å². The molecule has 0 saturated carbocycles. The topological polar surface area (TPSA) is 40.5 Å². The fourth-order valence-electron chi connectivity index (χ4n) is 1.00. The first kappa shape index (κ1) is 8.97. The van der Waals surface area contributed by atoms with Gasteiger partial charge in [0.05, 0.1) is 0 Å². The van der Waals surface area contributed by atoms with Crippen molar-refractivity contribution in [3.63, 3.8) is 0 Å². The third-order valence-corrected chi connectivity index (χ3v) is 1.63. The van der Waals surface area contributed by atoms with E-state index in [9.17, 15) is 0 Å². The van der Waals surface area contributed by atoms with Gasteiger partial charge in [-0.1, -0.05) is 36.9 Å². The van der Waals surface area contributed by atoms with Gasteiger partial charge in [-0.15, -0.1) is 0 Å². The molecule has 2 N–H and O–H groups in total. The molecule has 0 bridgehead atoms. The second-order valence-corrected chi connectivity index (χ2v) is 2.63. The fourth-order valence-corrected chi connectivity index (χ4v) is 1.00. The molecule has 1 aromatic carbocycles. The van der Waals surface area contributed by atoms with Crippen LogP contribution in [0.2, 0.25) is 0 Å². The summed E-state index contributed by atoms with van der Waals surface area (Å²) in [5.41, 5.74) is 1.95. The van der Waals surface area contributed by atoms with Crippen molar-refractivity contribution in [1.29, 1.82) is 0 Å². The lowest BCUT2D eigenvalue weighted by Crippen LogP contribution is -2.07. The Bertz CT molecular complexity index is 249. The Morgan fingerprint density at radius 1 is 1.25 bits per heavy atom. The van der Waals surface area contributed by atoms with Gasteiger partial charge in [-0.3, -0.25) is 0 Å². The largest absolute Gasteiger partial charge is 0.368 e. The molecule has 0 aromatic heterocycles. The standard InChI is InChI=1S/C10H12O2/c1-2-8-3-5-9(6-4-8)7-10(11)12/h2-6,10-12H,1,7H2. The summed E-state index contributed by atoms with van der Waals surface area (Å²) in [4.78, 5) is 0. The highest BCUT2D eigenvalue weighted by molar-refractivity contribution is 5.47. The monoisotopic (exact) mass is 164 g/mol. The van der Waals surface area contributed by atoms with Gasteiger partial charge in [0, 0.05) is 6.42 Å². The molecule has 0 fully saturated rings. The quantitative estimate of drug-likeness (QED) is 0.659. The van der Waals surface area contributed by atoms with E-state index >= 15 is 0 Å². The van der Waals surface area contributed by atoms with Crippen molar-refractivity contribution in [1.82, 2.24) is 0 Å². The Labute approximate surface area is 71.8 Å². The first-order valence-electron chi connectivity index (χ1n) is 3.80. The van der Waals surface area contributed by atoms with E-state index in [1.54, 1.807) is 6.08 Å². The van der Waals surface area contributed by atoms with Gasteiger partial charge < -0.3 is 10.2 Å². The maximum absolute atomic E-state index is 8.67. The van der Waals surface area contributed by atoms with Gasteiger partial charge in [0.1, 0.15) is 0 Å². The van der Waals surface area contributed by atoms with Crippen LogP contribution >= 0.6 is 0 Å². The highest BCUT2D eigenvalue weighted by Crippen LogP contribution is 2.06. The molecule has 0 heterocycles. The predicted molar refractivity (Wildman–Crippen MR) is 48.5 cm³/mol. The third-order valence-electron chi connectivity index (χ3n) is 1.63. The molecule has 0 aliphatic rings. The Hall–Kier alpha value is -1.12. The van der Waals surface area contributed by atoms with E-state index in [1.807, 2.05) is 24.3 Å². The molecule has 0 saturated heterocycles. The van der Waals surface area contributed by atoms with E-state index in [2.05, 4.69) is 6.58 Å². The molecule has 0 spiro atoms. The van der Waals surface area contributed by atoms with Crippen LogP contribution in [0.3, 0.4) is 0 Å². The summed E-state index contributed by atoms with van der Waals surface area (Å²) in [5.74, 6) is 0. The van der Waals surface area contributed by atoms with Gasteiger partial charge in [0.15, 0.2) is 6.29 Å². The van der Waals surface area contributed by atoms with Crippen molar-refractivity contribution in [3.8, 4) is 0 Å². The molecule has 0 amide bonds. The van der Waals surface area contributed by atoms with Gasteiger partial charge in [-0.05, 0) is 11.1 Å². The summed E-state index contributed by atoms with van der Waals surface area (Å²) >= 11 is 0. The number of rotatable bonds is 3. The fraction of sp³-hybridized carbons (Fsp3) is 0.200. The van der Waals surface area contributed by atoms with Crippen LogP contribution in [0.25, 0.3) is 6.08 Å². The van der Waals surface area contributed by atoms with Crippen molar-refractivity contribution in [3.05, 3.63) is 42.0 Å². The summed E-state index contributed by atoms with van der Waals surface area (Å²) in [6.07, 6.45) is 0.760. The number of hydrogen-bond donors (Lipinski definition) is 2. The third kappa shape index (κ3) is 2.49. The molecule has 0 aliphatic heterocycles. The molecular weight excluding hydrogens is 152 g/mol.